The van der Waals surface area contributed by atoms with Gasteiger partial charge in [0.05, 0.1) is 11.5 Å². The van der Waals surface area contributed by atoms with Crippen molar-refractivity contribution in [3.8, 4) is 0 Å². The minimum atomic E-state index is -2.73. The lowest BCUT2D eigenvalue weighted by atomic mass is 9.92. The summed E-state index contributed by atoms with van der Waals surface area (Å²) in [5.74, 6) is 0.657. The fraction of sp³-hybridized carbons (Fsp3) is 1.00. The first-order valence-electron chi connectivity index (χ1n) is 6.42. The SMILES string of the molecule is CC(C)(C)CCNCCN1CCS(=O)(=O)CC1. The number of rotatable bonds is 5. The largest absolute Gasteiger partial charge is 0.315 e. The van der Waals surface area contributed by atoms with Crippen LogP contribution in [-0.4, -0.2) is 57.5 Å². The van der Waals surface area contributed by atoms with Crippen molar-refractivity contribution in [3.05, 3.63) is 0 Å². The third kappa shape index (κ3) is 7.01. The first-order chi connectivity index (χ1) is 7.79. The lowest BCUT2D eigenvalue weighted by Gasteiger charge is -2.26. The molecule has 1 saturated heterocycles. The van der Waals surface area contributed by atoms with Crippen LogP contribution in [0.3, 0.4) is 0 Å². The monoisotopic (exact) mass is 262 g/mol. The van der Waals surface area contributed by atoms with E-state index in [9.17, 15) is 8.42 Å². The van der Waals surface area contributed by atoms with Gasteiger partial charge in [-0.1, -0.05) is 20.8 Å². The third-order valence-electron chi connectivity index (χ3n) is 3.09. The number of hydrogen-bond donors (Lipinski definition) is 1. The number of hydrogen-bond acceptors (Lipinski definition) is 4. The molecule has 0 aromatic heterocycles. The molecule has 5 heteroatoms. The molecule has 0 radical (unpaired) electrons. The van der Waals surface area contributed by atoms with Crippen LogP contribution in [0, 0.1) is 5.41 Å². The first kappa shape index (κ1) is 14.9. The summed E-state index contributed by atoms with van der Waals surface area (Å²) in [5, 5.41) is 3.42. The Labute approximate surface area is 106 Å². The van der Waals surface area contributed by atoms with Gasteiger partial charge in [0.2, 0.25) is 0 Å². The maximum atomic E-state index is 11.2. The molecule has 0 unspecified atom stereocenters. The Morgan fingerprint density at radius 1 is 1.12 bits per heavy atom. The van der Waals surface area contributed by atoms with Crippen LogP contribution in [0.2, 0.25) is 0 Å². The average molecular weight is 262 g/mol. The highest BCUT2D eigenvalue weighted by Gasteiger charge is 2.20. The molecular weight excluding hydrogens is 236 g/mol. The lowest BCUT2D eigenvalue weighted by molar-refractivity contribution is 0.289. The van der Waals surface area contributed by atoms with Crippen LogP contribution in [0.1, 0.15) is 27.2 Å². The van der Waals surface area contributed by atoms with Crippen LogP contribution in [-0.2, 0) is 9.84 Å². The van der Waals surface area contributed by atoms with Gasteiger partial charge in [0, 0.05) is 26.2 Å². The van der Waals surface area contributed by atoms with E-state index in [4.69, 9.17) is 0 Å². The van der Waals surface area contributed by atoms with E-state index in [2.05, 4.69) is 31.0 Å². The van der Waals surface area contributed by atoms with Crippen molar-refractivity contribution in [1.29, 1.82) is 0 Å². The number of nitrogens with zero attached hydrogens (tertiary/aromatic N) is 1. The predicted octanol–water partition coefficient (Wildman–Crippen LogP) is 0.743. The van der Waals surface area contributed by atoms with Crippen molar-refractivity contribution in [2.24, 2.45) is 5.41 Å². The minimum Gasteiger partial charge on any atom is -0.315 e. The molecular formula is C12H26N2O2S. The van der Waals surface area contributed by atoms with Gasteiger partial charge in [0.1, 0.15) is 0 Å². The maximum absolute atomic E-state index is 11.2. The fourth-order valence-electron chi connectivity index (χ4n) is 1.80. The summed E-state index contributed by atoms with van der Waals surface area (Å²) in [7, 11) is -2.73. The predicted molar refractivity (Wildman–Crippen MR) is 72.0 cm³/mol. The fourth-order valence-corrected chi connectivity index (χ4v) is 3.08. The van der Waals surface area contributed by atoms with Crippen LogP contribution in [0.25, 0.3) is 0 Å². The second-order valence-corrected chi connectivity index (χ2v) is 8.36. The van der Waals surface area contributed by atoms with E-state index in [1.807, 2.05) is 0 Å². The summed E-state index contributed by atoms with van der Waals surface area (Å²) in [6, 6.07) is 0. The van der Waals surface area contributed by atoms with Gasteiger partial charge in [-0.3, -0.25) is 0 Å². The third-order valence-corrected chi connectivity index (χ3v) is 4.70. The molecule has 0 spiro atoms. The van der Waals surface area contributed by atoms with E-state index in [1.165, 1.54) is 6.42 Å². The highest BCUT2D eigenvalue weighted by Crippen LogP contribution is 2.16. The molecule has 0 saturated carbocycles. The van der Waals surface area contributed by atoms with Gasteiger partial charge < -0.3 is 10.2 Å². The van der Waals surface area contributed by atoms with Gasteiger partial charge in [-0.15, -0.1) is 0 Å². The summed E-state index contributed by atoms with van der Waals surface area (Å²) in [4.78, 5) is 2.23. The zero-order valence-corrected chi connectivity index (χ0v) is 12.1. The Bertz CT molecular complexity index is 306. The van der Waals surface area contributed by atoms with Crippen molar-refractivity contribution in [2.75, 3.05) is 44.2 Å². The Balaban J connectivity index is 2.05. The van der Waals surface area contributed by atoms with Crippen molar-refractivity contribution in [3.63, 3.8) is 0 Å². The van der Waals surface area contributed by atoms with Crippen molar-refractivity contribution in [2.45, 2.75) is 27.2 Å². The Morgan fingerprint density at radius 3 is 2.24 bits per heavy atom. The minimum absolute atomic E-state index is 0.328. The quantitative estimate of drug-likeness (QED) is 0.743. The van der Waals surface area contributed by atoms with Gasteiger partial charge in [-0.05, 0) is 18.4 Å². The van der Waals surface area contributed by atoms with Crippen molar-refractivity contribution < 1.29 is 8.42 Å². The Kier molecular flexibility index (Phi) is 5.41. The number of sulfone groups is 1. The molecule has 0 bridgehead atoms. The molecule has 0 aromatic rings. The molecule has 1 aliphatic rings. The van der Waals surface area contributed by atoms with Crippen LogP contribution in [0.4, 0.5) is 0 Å². The van der Waals surface area contributed by atoms with E-state index in [-0.39, 0.29) is 0 Å². The average Bonchev–Trinajstić information content (AvgIpc) is 2.18. The van der Waals surface area contributed by atoms with Crippen LogP contribution < -0.4 is 5.32 Å². The molecule has 0 aliphatic carbocycles. The molecule has 4 nitrogen and oxygen atoms in total. The summed E-state index contributed by atoms with van der Waals surface area (Å²) in [5.41, 5.74) is 0.381. The maximum Gasteiger partial charge on any atom is 0.152 e. The smallest absolute Gasteiger partial charge is 0.152 e. The lowest BCUT2D eigenvalue weighted by Crippen LogP contribution is -2.43. The van der Waals surface area contributed by atoms with Gasteiger partial charge in [-0.25, -0.2) is 8.42 Å². The van der Waals surface area contributed by atoms with E-state index >= 15 is 0 Å². The standard InChI is InChI=1S/C12H26N2O2S/c1-12(2,3)4-5-13-6-7-14-8-10-17(15,16)11-9-14/h13H,4-11H2,1-3H3. The van der Waals surface area contributed by atoms with E-state index < -0.39 is 9.84 Å². The molecule has 0 amide bonds. The van der Waals surface area contributed by atoms with Crippen molar-refractivity contribution in [1.82, 2.24) is 10.2 Å². The molecule has 17 heavy (non-hydrogen) atoms. The van der Waals surface area contributed by atoms with E-state index in [0.29, 0.717) is 30.0 Å². The second-order valence-electron chi connectivity index (χ2n) is 6.05. The van der Waals surface area contributed by atoms with Crippen molar-refractivity contribution >= 4 is 9.84 Å². The zero-order chi connectivity index (χ0) is 12.9. The highest BCUT2D eigenvalue weighted by atomic mass is 32.2. The van der Waals surface area contributed by atoms with Crippen LogP contribution >= 0.6 is 0 Å². The van der Waals surface area contributed by atoms with Gasteiger partial charge in [0.25, 0.3) is 0 Å². The van der Waals surface area contributed by atoms with Gasteiger partial charge >= 0.3 is 0 Å². The summed E-state index contributed by atoms with van der Waals surface area (Å²) in [6.07, 6.45) is 1.17. The summed E-state index contributed by atoms with van der Waals surface area (Å²) < 4.78 is 22.5. The van der Waals surface area contributed by atoms with E-state index in [0.717, 1.165) is 19.6 Å². The summed E-state index contributed by atoms with van der Waals surface area (Å²) in [6.45, 7) is 11.1. The topological polar surface area (TPSA) is 49.4 Å². The molecule has 102 valence electrons. The first-order valence-corrected chi connectivity index (χ1v) is 8.24. The molecule has 0 aromatic carbocycles. The molecule has 1 aliphatic heterocycles. The number of nitrogens with one attached hydrogen (secondary N) is 1. The zero-order valence-electron chi connectivity index (χ0n) is 11.3. The Morgan fingerprint density at radius 2 is 1.71 bits per heavy atom. The molecule has 0 atom stereocenters. The van der Waals surface area contributed by atoms with Crippen LogP contribution in [0.15, 0.2) is 0 Å². The molecule has 1 heterocycles. The second kappa shape index (κ2) is 6.16. The van der Waals surface area contributed by atoms with Gasteiger partial charge in [0.15, 0.2) is 9.84 Å². The summed E-state index contributed by atoms with van der Waals surface area (Å²) >= 11 is 0. The van der Waals surface area contributed by atoms with Gasteiger partial charge in [-0.2, -0.15) is 0 Å². The van der Waals surface area contributed by atoms with Crippen LogP contribution in [0.5, 0.6) is 0 Å². The highest BCUT2D eigenvalue weighted by molar-refractivity contribution is 7.91. The molecule has 1 N–H and O–H groups in total. The molecule has 1 fully saturated rings. The normalized spacial score (nSPS) is 21.6. The Hall–Kier alpha value is -0.130. The van der Waals surface area contributed by atoms with E-state index in [1.54, 1.807) is 0 Å². The molecule has 1 rings (SSSR count).